The lowest BCUT2D eigenvalue weighted by molar-refractivity contribution is -0.109. The molecule has 0 saturated carbocycles. The summed E-state index contributed by atoms with van der Waals surface area (Å²) in [5, 5.41) is 5.26. The molecule has 2 aromatic carbocycles. The van der Waals surface area contributed by atoms with Gasteiger partial charge in [0, 0.05) is 25.8 Å². The lowest BCUT2D eigenvalue weighted by atomic mass is 10.2. The molecule has 0 heterocycles. The number of nitrogens with one attached hydrogen (secondary N) is 2. The van der Waals surface area contributed by atoms with Crippen LogP contribution in [-0.4, -0.2) is 36.1 Å². The zero-order valence-electron chi connectivity index (χ0n) is 18.3. The molecule has 7 nitrogen and oxygen atoms in total. The van der Waals surface area contributed by atoms with Crippen LogP contribution in [0.5, 0.6) is 0 Å². The fourth-order valence-corrected chi connectivity index (χ4v) is 2.76. The van der Waals surface area contributed by atoms with Gasteiger partial charge in [0.2, 0.25) is 0 Å². The number of hydrogen-bond acceptors (Lipinski definition) is 6. The quantitative estimate of drug-likeness (QED) is 0.397. The SMILES string of the molecule is C=CCNC(=O)OCc1ccccc1.CC(=O)SCCCNC(=O)OCc1ccccc1. The summed E-state index contributed by atoms with van der Waals surface area (Å²) in [6.07, 6.45) is 1.51. The molecule has 2 amide bonds. The average Bonchev–Trinajstić information content (AvgIpc) is 2.81. The van der Waals surface area contributed by atoms with E-state index in [2.05, 4.69) is 17.2 Å². The van der Waals surface area contributed by atoms with E-state index in [4.69, 9.17) is 9.47 Å². The van der Waals surface area contributed by atoms with Crippen LogP contribution in [0, 0.1) is 0 Å². The zero-order chi connectivity index (χ0) is 23.4. The summed E-state index contributed by atoms with van der Waals surface area (Å²) >= 11 is 1.26. The molecule has 0 unspecified atom stereocenters. The van der Waals surface area contributed by atoms with Gasteiger partial charge >= 0.3 is 12.2 Å². The molecule has 0 radical (unpaired) electrons. The molecule has 2 N–H and O–H groups in total. The third-order valence-corrected chi connectivity index (χ3v) is 4.61. The van der Waals surface area contributed by atoms with Gasteiger partial charge in [0.15, 0.2) is 5.12 Å². The lowest BCUT2D eigenvalue weighted by Gasteiger charge is -2.06. The van der Waals surface area contributed by atoms with E-state index < -0.39 is 12.2 Å². The molecule has 0 fully saturated rings. The number of alkyl carbamates (subject to hydrolysis) is 2. The minimum absolute atomic E-state index is 0.0988. The molecule has 32 heavy (non-hydrogen) atoms. The predicted octanol–water partition coefficient (Wildman–Crippen LogP) is 4.68. The Labute approximate surface area is 193 Å². The van der Waals surface area contributed by atoms with Gasteiger partial charge in [-0.1, -0.05) is 78.5 Å². The Balaban J connectivity index is 0.000000330. The number of ether oxygens (including phenoxy) is 2. The molecular formula is C24H30N2O5S. The Morgan fingerprint density at radius 3 is 1.84 bits per heavy atom. The van der Waals surface area contributed by atoms with E-state index in [1.54, 1.807) is 6.08 Å². The van der Waals surface area contributed by atoms with E-state index in [9.17, 15) is 14.4 Å². The van der Waals surface area contributed by atoms with Crippen molar-refractivity contribution in [1.82, 2.24) is 10.6 Å². The van der Waals surface area contributed by atoms with Gasteiger partial charge in [0.05, 0.1) is 0 Å². The first-order valence-corrected chi connectivity index (χ1v) is 11.1. The molecule has 2 rings (SSSR count). The summed E-state index contributed by atoms with van der Waals surface area (Å²) in [6.45, 7) is 6.53. The lowest BCUT2D eigenvalue weighted by Crippen LogP contribution is -2.25. The minimum atomic E-state index is -0.424. The van der Waals surface area contributed by atoms with Crippen molar-refractivity contribution in [1.29, 1.82) is 0 Å². The van der Waals surface area contributed by atoms with Gasteiger partial charge in [-0.15, -0.1) is 6.58 Å². The third-order valence-electron chi connectivity index (χ3n) is 3.71. The Hall–Kier alpha value is -3.26. The van der Waals surface area contributed by atoms with Crippen molar-refractivity contribution < 1.29 is 23.9 Å². The van der Waals surface area contributed by atoms with E-state index in [1.165, 1.54) is 18.7 Å². The van der Waals surface area contributed by atoms with Gasteiger partial charge in [0.1, 0.15) is 13.2 Å². The molecule has 0 saturated heterocycles. The van der Waals surface area contributed by atoms with Crippen molar-refractivity contribution in [2.45, 2.75) is 26.6 Å². The van der Waals surface area contributed by atoms with Crippen molar-refractivity contribution in [2.75, 3.05) is 18.8 Å². The van der Waals surface area contributed by atoms with Gasteiger partial charge in [0.25, 0.3) is 0 Å². The van der Waals surface area contributed by atoms with E-state index in [0.717, 1.165) is 17.5 Å². The molecule has 0 atom stereocenters. The molecule has 2 aromatic rings. The van der Waals surface area contributed by atoms with Crippen LogP contribution in [-0.2, 0) is 27.5 Å². The van der Waals surface area contributed by atoms with Crippen molar-refractivity contribution in [2.24, 2.45) is 0 Å². The Morgan fingerprint density at radius 1 is 0.875 bits per heavy atom. The number of benzene rings is 2. The standard InChI is InChI=1S/C13H17NO3S.C11H13NO2/c1-11(15)18-9-5-8-14-13(16)17-10-12-6-3-2-4-7-12;1-2-8-12-11(13)14-9-10-6-4-3-5-7-10/h2-4,6-7H,5,8-10H2,1H3,(H,14,16);2-7H,1,8-9H2,(H,12,13). The van der Waals surface area contributed by atoms with Gasteiger partial charge in [-0.25, -0.2) is 9.59 Å². The minimum Gasteiger partial charge on any atom is -0.445 e. The molecule has 0 bridgehead atoms. The topological polar surface area (TPSA) is 93.7 Å². The molecule has 0 spiro atoms. The van der Waals surface area contributed by atoms with E-state index in [1.807, 2.05) is 60.7 Å². The van der Waals surface area contributed by atoms with Crippen LogP contribution < -0.4 is 10.6 Å². The number of carbonyl (C=O) groups is 3. The van der Waals surface area contributed by atoms with E-state index in [-0.39, 0.29) is 11.7 Å². The molecule has 0 aliphatic heterocycles. The predicted molar refractivity (Wildman–Crippen MR) is 127 cm³/mol. The smallest absolute Gasteiger partial charge is 0.407 e. The first-order valence-electron chi connectivity index (χ1n) is 10.1. The van der Waals surface area contributed by atoms with Crippen molar-refractivity contribution in [3.63, 3.8) is 0 Å². The fraction of sp³-hybridized carbons (Fsp3) is 0.292. The Bertz CT molecular complexity index is 816. The maximum Gasteiger partial charge on any atom is 0.407 e. The normalized spacial score (nSPS) is 9.53. The van der Waals surface area contributed by atoms with Crippen LogP contribution in [0.2, 0.25) is 0 Å². The highest BCUT2D eigenvalue weighted by Gasteiger charge is 2.02. The molecule has 0 aliphatic rings. The van der Waals surface area contributed by atoms with Crippen LogP contribution in [0.3, 0.4) is 0 Å². The van der Waals surface area contributed by atoms with Crippen LogP contribution in [0.1, 0.15) is 24.5 Å². The maximum absolute atomic E-state index is 11.3. The molecular weight excluding hydrogens is 428 g/mol. The summed E-state index contributed by atoms with van der Waals surface area (Å²) in [5.74, 6) is 0.717. The molecule has 172 valence electrons. The monoisotopic (exact) mass is 458 g/mol. The van der Waals surface area contributed by atoms with Crippen molar-refractivity contribution in [3.8, 4) is 0 Å². The van der Waals surface area contributed by atoms with Crippen LogP contribution >= 0.6 is 11.8 Å². The molecule has 8 heteroatoms. The van der Waals surface area contributed by atoms with E-state index >= 15 is 0 Å². The number of carbonyl (C=O) groups excluding carboxylic acids is 3. The summed E-state index contributed by atoms with van der Waals surface area (Å²) in [6, 6.07) is 19.0. The second-order valence-electron chi connectivity index (χ2n) is 6.41. The van der Waals surface area contributed by atoms with Crippen LogP contribution in [0.25, 0.3) is 0 Å². The second-order valence-corrected chi connectivity index (χ2v) is 7.69. The summed E-state index contributed by atoms with van der Waals surface area (Å²) in [4.78, 5) is 33.0. The number of hydrogen-bond donors (Lipinski definition) is 2. The molecule has 0 aromatic heterocycles. The van der Waals surface area contributed by atoms with E-state index in [0.29, 0.717) is 25.4 Å². The fourth-order valence-electron chi connectivity index (χ4n) is 2.18. The summed E-state index contributed by atoms with van der Waals surface area (Å²) in [5.41, 5.74) is 1.93. The first-order chi connectivity index (χ1) is 15.5. The second kappa shape index (κ2) is 17.4. The van der Waals surface area contributed by atoms with Gasteiger partial charge in [-0.05, 0) is 17.5 Å². The van der Waals surface area contributed by atoms with Gasteiger partial charge in [-0.3, -0.25) is 4.79 Å². The van der Waals surface area contributed by atoms with Crippen LogP contribution in [0.4, 0.5) is 9.59 Å². The molecule has 0 aliphatic carbocycles. The highest BCUT2D eigenvalue weighted by Crippen LogP contribution is 2.03. The first kappa shape index (κ1) is 26.8. The maximum atomic E-state index is 11.3. The number of amides is 2. The zero-order valence-corrected chi connectivity index (χ0v) is 19.1. The van der Waals surface area contributed by atoms with Crippen molar-refractivity contribution in [3.05, 3.63) is 84.4 Å². The van der Waals surface area contributed by atoms with Crippen LogP contribution in [0.15, 0.2) is 73.3 Å². The number of thioether (sulfide) groups is 1. The highest BCUT2D eigenvalue weighted by molar-refractivity contribution is 8.13. The highest BCUT2D eigenvalue weighted by atomic mass is 32.2. The van der Waals surface area contributed by atoms with Gasteiger partial charge in [-0.2, -0.15) is 0 Å². The summed E-state index contributed by atoms with van der Waals surface area (Å²) < 4.78 is 9.96. The summed E-state index contributed by atoms with van der Waals surface area (Å²) in [7, 11) is 0. The third kappa shape index (κ3) is 14.7. The van der Waals surface area contributed by atoms with Gasteiger partial charge < -0.3 is 20.1 Å². The largest absolute Gasteiger partial charge is 0.445 e. The van der Waals surface area contributed by atoms with Crippen molar-refractivity contribution >= 4 is 29.1 Å². The Morgan fingerprint density at radius 2 is 1.38 bits per heavy atom. The number of rotatable bonds is 10. The average molecular weight is 459 g/mol. The Kier molecular flexibility index (Phi) is 14.6.